The van der Waals surface area contributed by atoms with E-state index in [0.717, 1.165) is 0 Å². The molecule has 0 aromatic heterocycles. The van der Waals surface area contributed by atoms with Crippen LogP contribution in [0.4, 0.5) is 26.3 Å². The van der Waals surface area contributed by atoms with Crippen LogP contribution in [-0.2, 0) is 19.4 Å². The number of esters is 1. The Labute approximate surface area is 283 Å². The van der Waals surface area contributed by atoms with Crippen molar-refractivity contribution in [2.45, 2.75) is 75.0 Å². The van der Waals surface area contributed by atoms with Gasteiger partial charge in [0, 0.05) is 35.3 Å². The number of nitrogens with one attached hydrogen (secondary N) is 1. The Balaban J connectivity index is 1.72. The van der Waals surface area contributed by atoms with Gasteiger partial charge in [-0.3, -0.25) is 9.59 Å². The summed E-state index contributed by atoms with van der Waals surface area (Å²) in [5.41, 5.74) is 3.95. The summed E-state index contributed by atoms with van der Waals surface area (Å²) in [6.07, 6.45) is -9.88. The average Bonchev–Trinajstić information content (AvgIpc) is 3.34. The summed E-state index contributed by atoms with van der Waals surface area (Å²) in [7, 11) is -3.90. The van der Waals surface area contributed by atoms with Crippen LogP contribution < -0.4 is 20.5 Å². The number of benzene rings is 2. The van der Waals surface area contributed by atoms with Crippen LogP contribution >= 0.6 is 11.6 Å². The predicted molar refractivity (Wildman–Crippen MR) is 164 cm³/mol. The Morgan fingerprint density at radius 3 is 2.29 bits per heavy atom. The Hall–Kier alpha value is -3.57. The van der Waals surface area contributed by atoms with E-state index >= 15 is 0 Å². The van der Waals surface area contributed by atoms with Crippen molar-refractivity contribution in [3.63, 3.8) is 0 Å². The van der Waals surface area contributed by atoms with E-state index in [-0.39, 0.29) is 29.7 Å². The van der Waals surface area contributed by atoms with Crippen molar-refractivity contribution < 1.29 is 58.6 Å². The van der Waals surface area contributed by atoms with Crippen molar-refractivity contribution >= 4 is 39.2 Å². The molecule has 4 atom stereocenters. The number of ether oxygens (including phenoxy) is 2. The van der Waals surface area contributed by atoms with Gasteiger partial charge in [0.05, 0.1) is 22.1 Å². The number of halogens is 7. The van der Waals surface area contributed by atoms with Gasteiger partial charge in [-0.25, -0.2) is 13.2 Å². The number of hydrogen-bond acceptors (Lipinski definition) is 8. The largest absolute Gasteiger partial charge is 0.573 e. The molecule has 0 spiro atoms. The Morgan fingerprint density at radius 2 is 1.71 bits per heavy atom. The van der Waals surface area contributed by atoms with Crippen molar-refractivity contribution in [3.05, 3.63) is 52.5 Å². The first-order chi connectivity index (χ1) is 22.7. The van der Waals surface area contributed by atoms with Crippen molar-refractivity contribution in [3.8, 4) is 11.5 Å². The smallest absolute Gasteiger partial charge is 0.419 e. The Kier molecular flexibility index (Phi) is 11.5. The maximum Gasteiger partial charge on any atom is 0.573 e. The van der Waals surface area contributed by atoms with Gasteiger partial charge in [-0.15, -0.1) is 13.2 Å². The minimum atomic E-state index is -5.60. The fourth-order valence-electron chi connectivity index (χ4n) is 6.34. The maximum atomic E-state index is 14.1. The molecule has 1 aliphatic heterocycles. The molecule has 2 amide bonds. The number of primary amides is 1. The van der Waals surface area contributed by atoms with Crippen molar-refractivity contribution in [1.82, 2.24) is 10.2 Å². The van der Waals surface area contributed by atoms with Crippen molar-refractivity contribution in [1.29, 1.82) is 0 Å². The molecule has 0 unspecified atom stereocenters. The van der Waals surface area contributed by atoms with Crippen LogP contribution in [0.1, 0.15) is 61.4 Å². The number of hydrogen-bond donors (Lipinski definition) is 2. The van der Waals surface area contributed by atoms with E-state index in [9.17, 15) is 49.1 Å². The van der Waals surface area contributed by atoms with E-state index in [1.807, 2.05) is 13.8 Å². The molecule has 1 saturated carbocycles. The van der Waals surface area contributed by atoms with Crippen LogP contribution in [0.5, 0.6) is 11.5 Å². The highest BCUT2D eigenvalue weighted by Gasteiger charge is 2.47. The van der Waals surface area contributed by atoms with Gasteiger partial charge < -0.3 is 25.4 Å². The molecular weight excluding hydrogens is 708 g/mol. The first kappa shape index (κ1) is 38.2. The molecule has 0 radical (unpaired) electrons. The van der Waals surface area contributed by atoms with Gasteiger partial charge in [-0.2, -0.15) is 13.2 Å². The molecule has 270 valence electrons. The summed E-state index contributed by atoms with van der Waals surface area (Å²) in [5.74, 6) is -9.56. The van der Waals surface area contributed by atoms with Crippen molar-refractivity contribution in [2.75, 3.05) is 18.8 Å². The van der Waals surface area contributed by atoms with Crippen LogP contribution in [0.25, 0.3) is 0 Å². The fraction of sp³-hybridized carbons (Fsp3) is 0.516. The summed E-state index contributed by atoms with van der Waals surface area (Å²) in [6.45, 7) is 4.61. The average molecular weight is 742 g/mol. The van der Waals surface area contributed by atoms with Gasteiger partial charge in [0.15, 0.2) is 9.84 Å². The molecule has 3 N–H and O–H groups in total. The molecule has 1 aliphatic carbocycles. The standard InChI is InChI=1S/C31H34ClF6N3O7S/c1-16(2)14-40-19-5-8-24(17(11-19)15-49(45,46)21-6-3-18(32)4-7-21)41-10-9-22(28(41)43)26-23(27(39)42)12-20(48-31(36,37)38)13-25(26)47-29(44)30(33,34)35/h3-4,6-7,12-13,16-17,19,22,24,40H,5,8-11,14-15H2,1-2H3,(H2,39,42)/t17-,19+,22-,24-/m0/s1. The molecule has 2 aliphatic rings. The number of likely N-dealkylation sites (tertiary alicyclic amines) is 1. The van der Waals surface area contributed by atoms with Crippen LogP contribution in [0.2, 0.25) is 5.02 Å². The Morgan fingerprint density at radius 1 is 1.06 bits per heavy atom. The van der Waals surface area contributed by atoms with Crippen LogP contribution in [-0.4, -0.2) is 74.6 Å². The van der Waals surface area contributed by atoms with Crippen LogP contribution in [0, 0.1) is 11.8 Å². The van der Waals surface area contributed by atoms with E-state index in [4.69, 9.17) is 17.3 Å². The second kappa shape index (κ2) is 14.7. The molecule has 2 aromatic carbocycles. The SMILES string of the molecule is CC(C)CN[C@@H]1CC[C@H](N2CC[C@@H](c3c(OC(=O)C(F)(F)F)cc(OC(F)(F)F)cc3C(N)=O)C2=O)[C@H](CS(=O)(=O)c2ccc(Cl)cc2)C1. The number of rotatable bonds is 11. The van der Waals surface area contributed by atoms with Gasteiger partial charge >= 0.3 is 18.5 Å². The second-order valence-corrected chi connectivity index (χ2v) is 14.9. The number of sulfone groups is 1. The molecule has 49 heavy (non-hydrogen) atoms. The lowest BCUT2D eigenvalue weighted by Crippen LogP contribution is -2.51. The molecule has 10 nitrogen and oxygen atoms in total. The monoisotopic (exact) mass is 741 g/mol. The van der Waals surface area contributed by atoms with E-state index < -0.39 is 80.7 Å². The number of nitrogens with two attached hydrogens (primary N) is 1. The summed E-state index contributed by atoms with van der Waals surface area (Å²) in [4.78, 5) is 39.7. The summed E-state index contributed by atoms with van der Waals surface area (Å²) >= 11 is 5.93. The van der Waals surface area contributed by atoms with Crippen LogP contribution in [0.3, 0.4) is 0 Å². The highest BCUT2D eigenvalue weighted by molar-refractivity contribution is 7.91. The number of carbonyl (C=O) groups is 3. The molecule has 4 rings (SSSR count). The molecule has 1 saturated heterocycles. The minimum absolute atomic E-state index is 0.0157. The fourth-order valence-corrected chi connectivity index (χ4v) is 8.13. The predicted octanol–water partition coefficient (Wildman–Crippen LogP) is 5.38. The Bertz CT molecular complexity index is 1670. The van der Waals surface area contributed by atoms with Gasteiger partial charge in [0.2, 0.25) is 11.8 Å². The lowest BCUT2D eigenvalue weighted by molar-refractivity contribution is -0.274. The molecule has 2 fully saturated rings. The van der Waals surface area contributed by atoms with E-state index in [0.29, 0.717) is 48.9 Å². The molecule has 2 aromatic rings. The first-order valence-electron chi connectivity index (χ1n) is 15.2. The molecular formula is C31H34ClF6N3O7S. The van der Waals surface area contributed by atoms with Gasteiger partial charge in [-0.05, 0) is 74.4 Å². The highest BCUT2D eigenvalue weighted by Crippen LogP contribution is 2.44. The third kappa shape index (κ3) is 9.57. The van der Waals surface area contributed by atoms with Gasteiger partial charge in [0.1, 0.15) is 11.5 Å². The number of amides is 2. The van der Waals surface area contributed by atoms with E-state index in [1.54, 1.807) is 0 Å². The zero-order valence-corrected chi connectivity index (χ0v) is 27.8. The first-order valence-corrected chi connectivity index (χ1v) is 17.2. The number of nitrogens with zero attached hydrogens (tertiary/aromatic N) is 1. The van der Waals surface area contributed by atoms with E-state index in [1.165, 1.54) is 29.2 Å². The van der Waals surface area contributed by atoms with Gasteiger partial charge in [-0.1, -0.05) is 25.4 Å². The van der Waals surface area contributed by atoms with E-state index in [2.05, 4.69) is 14.8 Å². The zero-order valence-electron chi connectivity index (χ0n) is 26.2. The normalized spacial score (nSPS) is 22.0. The number of alkyl halides is 6. The number of carbonyl (C=O) groups excluding carboxylic acids is 3. The molecule has 0 bridgehead atoms. The lowest BCUT2D eigenvalue weighted by Gasteiger charge is -2.41. The second-order valence-electron chi connectivity index (χ2n) is 12.4. The highest BCUT2D eigenvalue weighted by atomic mass is 35.5. The van der Waals surface area contributed by atoms with Crippen LogP contribution in [0.15, 0.2) is 41.3 Å². The molecule has 18 heteroatoms. The summed E-state index contributed by atoms with van der Waals surface area (Å²) in [5, 5.41) is 3.75. The third-order valence-electron chi connectivity index (χ3n) is 8.40. The summed E-state index contributed by atoms with van der Waals surface area (Å²) < 4.78 is 114. The summed E-state index contributed by atoms with van der Waals surface area (Å²) in [6, 6.07) is 5.64. The van der Waals surface area contributed by atoms with Gasteiger partial charge in [0.25, 0.3) is 0 Å². The third-order valence-corrected chi connectivity index (χ3v) is 10.5. The molecule has 1 heterocycles. The maximum absolute atomic E-state index is 14.1. The quantitative estimate of drug-likeness (QED) is 0.178. The minimum Gasteiger partial charge on any atom is -0.419 e. The lowest BCUT2D eigenvalue weighted by atomic mass is 9.81. The van der Waals surface area contributed by atoms with Crippen molar-refractivity contribution in [2.24, 2.45) is 17.6 Å². The zero-order chi connectivity index (χ0) is 36.5. The topological polar surface area (TPSA) is 145 Å².